The van der Waals surface area contributed by atoms with Crippen LogP contribution >= 0.6 is 0 Å². The van der Waals surface area contributed by atoms with Crippen LogP contribution in [0.25, 0.3) is 0 Å². The summed E-state index contributed by atoms with van der Waals surface area (Å²) in [6.45, 7) is 3.76. The summed E-state index contributed by atoms with van der Waals surface area (Å²) >= 11 is 0. The maximum absolute atomic E-state index is 12.7. The number of hydrogen-bond donors (Lipinski definition) is 1. The molecule has 0 bridgehead atoms. The highest BCUT2D eigenvalue weighted by Crippen LogP contribution is 2.37. The van der Waals surface area contributed by atoms with Crippen LogP contribution in [0.1, 0.15) is 32.1 Å². The van der Waals surface area contributed by atoms with Gasteiger partial charge in [0, 0.05) is 32.2 Å². The molecule has 0 aromatic carbocycles. The van der Waals surface area contributed by atoms with E-state index >= 15 is 0 Å². The predicted octanol–water partition coefficient (Wildman–Crippen LogP) is 0.401. The summed E-state index contributed by atoms with van der Waals surface area (Å²) < 4.78 is 28.9. The van der Waals surface area contributed by atoms with Crippen LogP contribution in [0.3, 0.4) is 0 Å². The van der Waals surface area contributed by atoms with Crippen LogP contribution < -0.4 is 5.32 Å². The first-order chi connectivity index (χ1) is 8.68. The molecule has 0 aromatic heterocycles. The number of rotatable bonds is 5. The summed E-state index contributed by atoms with van der Waals surface area (Å²) in [5.41, 5.74) is 0. The zero-order chi connectivity index (χ0) is 12.6. The van der Waals surface area contributed by atoms with Crippen molar-refractivity contribution in [3.05, 3.63) is 0 Å². The summed E-state index contributed by atoms with van der Waals surface area (Å²) in [5, 5.41) is 3.26. The van der Waals surface area contributed by atoms with Crippen molar-refractivity contribution < 1.29 is 8.42 Å². The summed E-state index contributed by atoms with van der Waals surface area (Å²) in [5.74, 6) is 0.630. The summed E-state index contributed by atoms with van der Waals surface area (Å²) in [4.78, 5) is 0. The third-order valence-electron chi connectivity index (χ3n) is 4.01. The first-order valence-corrected chi connectivity index (χ1v) is 8.55. The van der Waals surface area contributed by atoms with E-state index in [4.69, 9.17) is 0 Å². The van der Waals surface area contributed by atoms with Crippen molar-refractivity contribution in [2.45, 2.75) is 38.1 Å². The Balaban J connectivity index is 1.72. The van der Waals surface area contributed by atoms with Gasteiger partial charge in [-0.1, -0.05) is 0 Å². The second kappa shape index (κ2) is 5.07. The first kappa shape index (κ1) is 12.8. The zero-order valence-electron chi connectivity index (χ0n) is 10.8. The van der Waals surface area contributed by atoms with Gasteiger partial charge in [-0.2, -0.15) is 17.0 Å². The molecule has 0 spiro atoms. The molecule has 3 rings (SSSR count). The Kier molecular flexibility index (Phi) is 3.62. The van der Waals surface area contributed by atoms with E-state index in [1.165, 1.54) is 12.8 Å². The fourth-order valence-electron chi connectivity index (χ4n) is 2.55. The van der Waals surface area contributed by atoms with Crippen molar-refractivity contribution >= 4 is 10.2 Å². The van der Waals surface area contributed by atoms with E-state index in [1.54, 1.807) is 8.61 Å². The average molecular weight is 273 g/mol. The molecule has 5 nitrogen and oxygen atoms in total. The van der Waals surface area contributed by atoms with Gasteiger partial charge in [-0.05, 0) is 44.6 Å². The lowest BCUT2D eigenvalue weighted by atomic mass is 10.4. The van der Waals surface area contributed by atoms with Crippen LogP contribution in [0.4, 0.5) is 0 Å². The van der Waals surface area contributed by atoms with Gasteiger partial charge in [-0.25, -0.2) is 0 Å². The summed E-state index contributed by atoms with van der Waals surface area (Å²) in [6.07, 6.45) is 5.44. The van der Waals surface area contributed by atoms with Gasteiger partial charge in [0.2, 0.25) is 0 Å². The van der Waals surface area contributed by atoms with Crippen LogP contribution in [0.5, 0.6) is 0 Å². The molecule has 1 N–H and O–H groups in total. The van der Waals surface area contributed by atoms with Crippen molar-refractivity contribution in [2.75, 3.05) is 32.7 Å². The molecule has 0 atom stereocenters. The fraction of sp³-hybridized carbons (Fsp3) is 1.00. The molecule has 2 aliphatic carbocycles. The van der Waals surface area contributed by atoms with Gasteiger partial charge in [0.15, 0.2) is 0 Å². The molecule has 1 aliphatic heterocycles. The molecule has 6 heteroatoms. The fourth-order valence-corrected chi connectivity index (χ4v) is 4.51. The second-order valence-electron chi connectivity index (χ2n) is 5.75. The lowest BCUT2D eigenvalue weighted by Gasteiger charge is -2.29. The van der Waals surface area contributed by atoms with Crippen molar-refractivity contribution in [3.63, 3.8) is 0 Å². The highest BCUT2D eigenvalue weighted by molar-refractivity contribution is 7.86. The van der Waals surface area contributed by atoms with Crippen molar-refractivity contribution in [1.82, 2.24) is 13.9 Å². The monoisotopic (exact) mass is 273 g/mol. The summed E-state index contributed by atoms with van der Waals surface area (Å²) in [6, 6.07) is 0.298. The number of nitrogens with one attached hydrogen (secondary N) is 1. The zero-order valence-corrected chi connectivity index (χ0v) is 11.7. The molecule has 3 fully saturated rings. The first-order valence-electron chi connectivity index (χ1n) is 7.15. The minimum Gasteiger partial charge on any atom is -0.315 e. The Morgan fingerprint density at radius 3 is 2.56 bits per heavy atom. The Labute approximate surface area is 110 Å². The standard InChI is InChI=1S/C12H23N3O2S/c16-18(17,14-8-1-6-13-7-9-14)15(12-4-5-12)10-11-2-3-11/h11-13H,1-10H2. The lowest BCUT2D eigenvalue weighted by molar-refractivity contribution is 0.330. The quantitative estimate of drug-likeness (QED) is 0.789. The molecule has 2 saturated carbocycles. The van der Waals surface area contributed by atoms with Gasteiger partial charge in [0.25, 0.3) is 10.2 Å². The Morgan fingerprint density at radius 2 is 1.89 bits per heavy atom. The molecule has 0 radical (unpaired) electrons. The van der Waals surface area contributed by atoms with Crippen molar-refractivity contribution in [1.29, 1.82) is 0 Å². The lowest BCUT2D eigenvalue weighted by Crippen LogP contribution is -2.47. The molecule has 104 valence electrons. The normalized spacial score (nSPS) is 27.4. The van der Waals surface area contributed by atoms with E-state index in [-0.39, 0.29) is 0 Å². The van der Waals surface area contributed by atoms with Gasteiger partial charge < -0.3 is 5.32 Å². The Bertz CT molecular complexity index is 382. The van der Waals surface area contributed by atoms with E-state index < -0.39 is 10.2 Å². The highest BCUT2D eigenvalue weighted by Gasteiger charge is 2.42. The van der Waals surface area contributed by atoms with Crippen LogP contribution in [0.2, 0.25) is 0 Å². The second-order valence-corrected chi connectivity index (χ2v) is 7.64. The van der Waals surface area contributed by atoms with Crippen molar-refractivity contribution in [2.24, 2.45) is 5.92 Å². The van der Waals surface area contributed by atoms with E-state index in [1.807, 2.05) is 0 Å². The largest absolute Gasteiger partial charge is 0.315 e. The molecule has 0 amide bonds. The molecule has 1 saturated heterocycles. The third kappa shape index (κ3) is 2.87. The van der Waals surface area contributed by atoms with Gasteiger partial charge in [-0.3, -0.25) is 0 Å². The van der Waals surface area contributed by atoms with E-state index in [0.29, 0.717) is 25.0 Å². The predicted molar refractivity (Wildman–Crippen MR) is 70.4 cm³/mol. The molecule has 18 heavy (non-hydrogen) atoms. The van der Waals surface area contributed by atoms with Gasteiger partial charge in [0.1, 0.15) is 0 Å². The Morgan fingerprint density at radius 1 is 1.11 bits per heavy atom. The minimum absolute atomic E-state index is 0.298. The van der Waals surface area contributed by atoms with E-state index in [0.717, 1.165) is 38.9 Å². The molecule has 1 heterocycles. The molecular weight excluding hydrogens is 250 g/mol. The minimum atomic E-state index is -3.21. The van der Waals surface area contributed by atoms with Crippen LogP contribution in [0, 0.1) is 5.92 Å². The van der Waals surface area contributed by atoms with Crippen LogP contribution in [-0.4, -0.2) is 55.8 Å². The molecule has 3 aliphatic rings. The van der Waals surface area contributed by atoms with Crippen LogP contribution in [-0.2, 0) is 10.2 Å². The smallest absolute Gasteiger partial charge is 0.282 e. The van der Waals surface area contributed by atoms with E-state index in [2.05, 4.69) is 5.32 Å². The third-order valence-corrected chi connectivity index (χ3v) is 6.07. The van der Waals surface area contributed by atoms with Crippen LogP contribution in [0.15, 0.2) is 0 Å². The van der Waals surface area contributed by atoms with Gasteiger partial charge in [0.05, 0.1) is 0 Å². The molecular formula is C12H23N3O2S. The topological polar surface area (TPSA) is 52.7 Å². The summed E-state index contributed by atoms with van der Waals surface area (Å²) in [7, 11) is -3.21. The van der Waals surface area contributed by atoms with Gasteiger partial charge in [-0.15, -0.1) is 0 Å². The molecule has 0 unspecified atom stereocenters. The number of nitrogens with zero attached hydrogens (tertiary/aromatic N) is 2. The highest BCUT2D eigenvalue weighted by atomic mass is 32.2. The van der Waals surface area contributed by atoms with Crippen molar-refractivity contribution in [3.8, 4) is 0 Å². The molecule has 0 aromatic rings. The Hall–Kier alpha value is -0.170. The number of hydrogen-bond acceptors (Lipinski definition) is 3. The maximum atomic E-state index is 12.7. The maximum Gasteiger partial charge on any atom is 0.282 e. The van der Waals surface area contributed by atoms with E-state index in [9.17, 15) is 8.42 Å². The SMILES string of the molecule is O=S(=O)(N1CCCNCC1)N(CC1CC1)C1CC1. The average Bonchev–Trinajstić information content (AvgIpc) is 3.22. The van der Waals surface area contributed by atoms with Gasteiger partial charge >= 0.3 is 0 Å².